The first-order valence-electron chi connectivity index (χ1n) is 7.94. The lowest BCUT2D eigenvalue weighted by molar-refractivity contribution is -0.144. The van der Waals surface area contributed by atoms with E-state index in [1.807, 2.05) is 43.3 Å². The molecule has 0 amide bonds. The van der Waals surface area contributed by atoms with Gasteiger partial charge < -0.3 is 4.74 Å². The molecule has 0 aliphatic rings. The van der Waals surface area contributed by atoms with E-state index in [2.05, 4.69) is 4.98 Å². The average molecular weight is 354 g/mol. The summed E-state index contributed by atoms with van der Waals surface area (Å²) in [5.74, 6) is 0.352. The van der Waals surface area contributed by atoms with Crippen molar-refractivity contribution in [2.45, 2.75) is 24.8 Å². The number of aryl methyl sites for hydroxylation is 1. The number of aromatic nitrogens is 2. The number of pyridine rings is 1. The summed E-state index contributed by atoms with van der Waals surface area (Å²) >= 11 is 1.61. The number of rotatable bonds is 6. The summed E-state index contributed by atoms with van der Waals surface area (Å²) in [6, 6.07) is 15.0. The Bertz CT molecular complexity index is 938. The molecule has 2 aromatic heterocycles. The second kappa shape index (κ2) is 7.98. The van der Waals surface area contributed by atoms with Crippen LogP contribution in [0.5, 0.6) is 0 Å². The van der Waals surface area contributed by atoms with E-state index in [4.69, 9.17) is 4.74 Å². The van der Waals surface area contributed by atoms with E-state index in [0.29, 0.717) is 23.5 Å². The van der Waals surface area contributed by atoms with Gasteiger partial charge >= 0.3 is 5.97 Å². The molecular formula is C19H18N2O3S. The zero-order chi connectivity index (χ0) is 17.6. The zero-order valence-corrected chi connectivity index (χ0v) is 14.7. The minimum atomic E-state index is -0.297. The van der Waals surface area contributed by atoms with Gasteiger partial charge in [-0.25, -0.2) is 4.98 Å². The van der Waals surface area contributed by atoms with E-state index in [0.717, 1.165) is 10.5 Å². The molecule has 0 bridgehead atoms. The van der Waals surface area contributed by atoms with Gasteiger partial charge in [-0.15, -0.1) is 11.8 Å². The summed E-state index contributed by atoms with van der Waals surface area (Å²) in [5, 5.41) is 0. The molecule has 1 aromatic carbocycles. The highest BCUT2D eigenvalue weighted by molar-refractivity contribution is 7.99. The highest BCUT2D eigenvalue weighted by Crippen LogP contribution is 2.18. The van der Waals surface area contributed by atoms with Gasteiger partial charge in [-0.05, 0) is 30.7 Å². The Morgan fingerprint density at radius 2 is 2.00 bits per heavy atom. The molecule has 0 unspecified atom stereocenters. The van der Waals surface area contributed by atoms with E-state index < -0.39 is 0 Å². The second-order valence-electron chi connectivity index (χ2n) is 5.59. The smallest absolute Gasteiger partial charge is 0.307 e. The monoisotopic (exact) mass is 354 g/mol. The van der Waals surface area contributed by atoms with Crippen molar-refractivity contribution in [3.8, 4) is 0 Å². The molecule has 0 N–H and O–H groups in total. The van der Waals surface area contributed by atoms with E-state index in [9.17, 15) is 9.59 Å². The predicted octanol–water partition coefficient (Wildman–Crippen LogP) is 3.23. The van der Waals surface area contributed by atoms with Gasteiger partial charge in [0.15, 0.2) is 0 Å². The van der Waals surface area contributed by atoms with Crippen LogP contribution in [-0.2, 0) is 16.1 Å². The number of hydrogen-bond donors (Lipinski definition) is 0. The third kappa shape index (κ3) is 4.70. The van der Waals surface area contributed by atoms with E-state index in [-0.39, 0.29) is 18.1 Å². The van der Waals surface area contributed by atoms with E-state index in [1.54, 1.807) is 24.0 Å². The molecule has 128 valence electrons. The molecule has 2 heterocycles. The topological polar surface area (TPSA) is 60.7 Å². The van der Waals surface area contributed by atoms with Gasteiger partial charge in [0.2, 0.25) is 0 Å². The molecule has 25 heavy (non-hydrogen) atoms. The van der Waals surface area contributed by atoms with E-state index >= 15 is 0 Å². The molecule has 0 saturated heterocycles. The number of nitrogens with zero attached hydrogens (tertiary/aromatic N) is 2. The van der Waals surface area contributed by atoms with Crippen LogP contribution in [0.2, 0.25) is 0 Å². The van der Waals surface area contributed by atoms with Crippen molar-refractivity contribution in [2.75, 3.05) is 5.75 Å². The molecule has 0 aliphatic carbocycles. The Morgan fingerprint density at radius 3 is 2.80 bits per heavy atom. The fraction of sp³-hybridized carbons (Fsp3) is 0.211. The quantitative estimate of drug-likeness (QED) is 0.502. The Kier molecular flexibility index (Phi) is 5.50. The van der Waals surface area contributed by atoms with Crippen molar-refractivity contribution in [3.05, 3.63) is 76.3 Å². The Morgan fingerprint density at radius 1 is 1.20 bits per heavy atom. The zero-order valence-electron chi connectivity index (χ0n) is 13.8. The minimum Gasteiger partial charge on any atom is -0.459 e. The summed E-state index contributed by atoms with van der Waals surface area (Å²) in [4.78, 5) is 29.4. The fourth-order valence-corrected chi connectivity index (χ4v) is 3.18. The first-order valence-corrected chi connectivity index (χ1v) is 8.93. The molecule has 0 spiro atoms. The van der Waals surface area contributed by atoms with Gasteiger partial charge in [0.05, 0.1) is 12.1 Å². The summed E-state index contributed by atoms with van der Waals surface area (Å²) < 4.78 is 6.71. The summed E-state index contributed by atoms with van der Waals surface area (Å²) in [6.07, 6.45) is 2.05. The molecule has 0 atom stereocenters. The Balaban J connectivity index is 1.54. The number of carbonyl (C=O) groups is 1. The van der Waals surface area contributed by atoms with Crippen molar-refractivity contribution in [1.29, 1.82) is 0 Å². The molecule has 5 nitrogen and oxygen atoms in total. The highest BCUT2D eigenvalue weighted by atomic mass is 32.2. The summed E-state index contributed by atoms with van der Waals surface area (Å²) in [7, 11) is 0. The fourth-order valence-electron chi connectivity index (χ4n) is 2.33. The van der Waals surface area contributed by atoms with Crippen molar-refractivity contribution in [1.82, 2.24) is 9.38 Å². The molecule has 3 rings (SSSR count). The molecule has 6 heteroatoms. The van der Waals surface area contributed by atoms with Crippen LogP contribution in [0, 0.1) is 6.92 Å². The lowest BCUT2D eigenvalue weighted by Gasteiger charge is -2.06. The van der Waals surface area contributed by atoms with Gasteiger partial charge in [-0.2, -0.15) is 0 Å². The summed E-state index contributed by atoms with van der Waals surface area (Å²) in [6.45, 7) is 1.92. The number of carbonyl (C=O) groups excluding carboxylic acids is 1. The standard InChI is InChI=1S/C19H18N2O3S/c1-14-7-8-17-20-15(11-18(22)21(17)12-14)13-24-19(23)9-10-25-16-5-3-2-4-6-16/h2-8,11-12H,9-10,13H2,1H3. The minimum absolute atomic E-state index is 0.00839. The molecule has 0 saturated carbocycles. The maximum atomic E-state index is 12.1. The third-order valence-electron chi connectivity index (χ3n) is 3.56. The van der Waals surface area contributed by atoms with Gasteiger partial charge in [0.1, 0.15) is 12.3 Å². The van der Waals surface area contributed by atoms with Gasteiger partial charge in [0.25, 0.3) is 5.56 Å². The maximum absolute atomic E-state index is 12.1. The molecular weight excluding hydrogens is 336 g/mol. The number of esters is 1. The average Bonchev–Trinajstić information content (AvgIpc) is 2.61. The lowest BCUT2D eigenvalue weighted by atomic mass is 10.3. The number of benzene rings is 1. The number of ether oxygens (including phenoxy) is 1. The van der Waals surface area contributed by atoms with Crippen LogP contribution in [0.4, 0.5) is 0 Å². The van der Waals surface area contributed by atoms with Crippen LogP contribution in [0.25, 0.3) is 5.65 Å². The summed E-state index contributed by atoms with van der Waals surface area (Å²) in [5.41, 5.74) is 1.80. The number of hydrogen-bond acceptors (Lipinski definition) is 5. The molecule has 0 radical (unpaired) electrons. The van der Waals surface area contributed by atoms with Crippen molar-refractivity contribution >= 4 is 23.4 Å². The molecule has 3 aromatic rings. The third-order valence-corrected chi connectivity index (χ3v) is 4.57. The van der Waals surface area contributed by atoms with Crippen molar-refractivity contribution in [2.24, 2.45) is 0 Å². The van der Waals surface area contributed by atoms with Crippen LogP contribution in [0.15, 0.2) is 64.4 Å². The molecule has 0 fully saturated rings. The van der Waals surface area contributed by atoms with Crippen LogP contribution in [0.3, 0.4) is 0 Å². The van der Waals surface area contributed by atoms with Crippen LogP contribution >= 0.6 is 11.8 Å². The number of fused-ring (bicyclic) bond motifs is 1. The number of thioether (sulfide) groups is 1. The highest BCUT2D eigenvalue weighted by Gasteiger charge is 2.07. The van der Waals surface area contributed by atoms with Gasteiger partial charge in [-0.1, -0.05) is 24.3 Å². The van der Waals surface area contributed by atoms with Gasteiger partial charge in [-0.3, -0.25) is 14.0 Å². The Hall–Kier alpha value is -2.60. The van der Waals surface area contributed by atoms with Gasteiger partial charge in [0, 0.05) is 22.9 Å². The molecule has 0 aliphatic heterocycles. The maximum Gasteiger partial charge on any atom is 0.307 e. The van der Waals surface area contributed by atoms with Crippen LogP contribution in [0.1, 0.15) is 17.7 Å². The second-order valence-corrected chi connectivity index (χ2v) is 6.76. The largest absolute Gasteiger partial charge is 0.459 e. The van der Waals surface area contributed by atoms with Crippen LogP contribution < -0.4 is 5.56 Å². The Labute approximate surface area is 149 Å². The normalized spacial score (nSPS) is 10.8. The SMILES string of the molecule is Cc1ccc2nc(COC(=O)CCSc3ccccc3)cc(=O)n2c1. The lowest BCUT2D eigenvalue weighted by Crippen LogP contribution is -2.17. The van der Waals surface area contributed by atoms with Crippen LogP contribution in [-0.4, -0.2) is 21.1 Å². The first-order chi connectivity index (χ1) is 12.1. The van der Waals surface area contributed by atoms with Crippen molar-refractivity contribution in [3.63, 3.8) is 0 Å². The van der Waals surface area contributed by atoms with E-state index in [1.165, 1.54) is 10.5 Å². The predicted molar refractivity (Wildman–Crippen MR) is 97.8 cm³/mol. The van der Waals surface area contributed by atoms with Crippen molar-refractivity contribution < 1.29 is 9.53 Å². The first kappa shape index (κ1) is 17.2.